The van der Waals surface area contributed by atoms with Gasteiger partial charge in [0.1, 0.15) is 0 Å². The molecule has 2 aromatic rings. The summed E-state index contributed by atoms with van der Waals surface area (Å²) in [6.07, 6.45) is 0.446. The molecule has 0 aliphatic heterocycles. The summed E-state index contributed by atoms with van der Waals surface area (Å²) in [5.41, 5.74) is 3.01. The number of carbonyl (C=O) groups excluding carboxylic acids is 1. The molecule has 0 N–H and O–H groups in total. The van der Waals surface area contributed by atoms with Crippen LogP contribution < -0.4 is 0 Å². The van der Waals surface area contributed by atoms with Gasteiger partial charge in [-0.3, -0.25) is 4.79 Å². The second-order valence-electron chi connectivity index (χ2n) is 3.82. The molecule has 1 heterocycles. The molecule has 0 saturated heterocycles. The molecule has 0 saturated carbocycles. The van der Waals surface area contributed by atoms with E-state index in [0.717, 1.165) is 18.7 Å². The van der Waals surface area contributed by atoms with Gasteiger partial charge in [-0.15, -0.1) is 11.3 Å². The molecule has 17 heavy (non-hydrogen) atoms. The highest BCUT2D eigenvalue weighted by molar-refractivity contribution is 9.12. The number of ketones is 1. The summed E-state index contributed by atoms with van der Waals surface area (Å²) in [6.45, 7) is 2.04. The van der Waals surface area contributed by atoms with Gasteiger partial charge in [0.25, 0.3) is 0 Å². The van der Waals surface area contributed by atoms with Crippen molar-refractivity contribution in [3.05, 3.63) is 54.6 Å². The van der Waals surface area contributed by atoms with Crippen LogP contribution in [0.1, 0.15) is 21.5 Å². The Hall–Kier alpha value is -0.450. The first kappa shape index (κ1) is 13.0. The van der Waals surface area contributed by atoms with Crippen molar-refractivity contribution in [2.24, 2.45) is 0 Å². The van der Waals surface area contributed by atoms with Crippen LogP contribution in [0.4, 0.5) is 0 Å². The molecule has 0 bridgehead atoms. The van der Waals surface area contributed by atoms with E-state index in [2.05, 4.69) is 31.9 Å². The summed E-state index contributed by atoms with van der Waals surface area (Å²) in [5.74, 6) is 0.141. The van der Waals surface area contributed by atoms with E-state index in [0.29, 0.717) is 6.42 Å². The first-order chi connectivity index (χ1) is 8.06. The second-order valence-corrected chi connectivity index (χ2v) is 7.57. The zero-order chi connectivity index (χ0) is 12.4. The third-order valence-electron chi connectivity index (χ3n) is 2.44. The predicted octanol–water partition coefficient (Wildman–Crippen LogP) is 5.01. The molecule has 0 radical (unpaired) electrons. The van der Waals surface area contributed by atoms with Crippen LogP contribution in [0.3, 0.4) is 0 Å². The lowest BCUT2D eigenvalue weighted by molar-refractivity contribution is 0.0992. The fourth-order valence-electron chi connectivity index (χ4n) is 1.52. The molecular formula is C13H10Br2OS. The summed E-state index contributed by atoms with van der Waals surface area (Å²) in [4.78, 5) is 12.1. The van der Waals surface area contributed by atoms with Crippen LogP contribution in [-0.4, -0.2) is 5.78 Å². The highest BCUT2D eigenvalue weighted by atomic mass is 79.9. The van der Waals surface area contributed by atoms with Crippen LogP contribution in [0.25, 0.3) is 0 Å². The summed E-state index contributed by atoms with van der Waals surface area (Å²) in [5, 5.41) is 0. The fourth-order valence-corrected chi connectivity index (χ4v) is 4.37. The lowest BCUT2D eigenvalue weighted by Gasteiger charge is -2.01. The Morgan fingerprint density at radius 1 is 1.24 bits per heavy atom. The molecule has 0 aliphatic carbocycles. The Labute approximate surface area is 121 Å². The van der Waals surface area contributed by atoms with Gasteiger partial charge in [0.2, 0.25) is 0 Å². The van der Waals surface area contributed by atoms with E-state index >= 15 is 0 Å². The van der Waals surface area contributed by atoms with E-state index in [1.54, 1.807) is 0 Å². The van der Waals surface area contributed by atoms with Gasteiger partial charge in [-0.25, -0.2) is 0 Å². The van der Waals surface area contributed by atoms with Gasteiger partial charge in [0.15, 0.2) is 5.78 Å². The molecule has 88 valence electrons. The monoisotopic (exact) mass is 372 g/mol. The molecule has 2 rings (SSSR count). The van der Waals surface area contributed by atoms with Crippen LogP contribution in [0.2, 0.25) is 0 Å². The average molecular weight is 374 g/mol. The van der Waals surface area contributed by atoms with E-state index in [1.807, 2.05) is 37.3 Å². The minimum absolute atomic E-state index is 0.141. The van der Waals surface area contributed by atoms with Gasteiger partial charge in [-0.05, 0) is 50.4 Å². The summed E-state index contributed by atoms with van der Waals surface area (Å²) in [7, 11) is 0. The number of thiophene rings is 1. The Morgan fingerprint density at radius 2 is 1.88 bits per heavy atom. The molecule has 4 heteroatoms. The number of Topliss-reactive ketones (excluding diaryl/α,β-unsaturated/α-hetero) is 1. The van der Waals surface area contributed by atoms with Crippen LogP contribution in [0.15, 0.2) is 37.9 Å². The first-order valence-corrected chi connectivity index (χ1v) is 7.50. The highest BCUT2D eigenvalue weighted by Crippen LogP contribution is 2.32. The molecule has 0 unspecified atom stereocenters. The number of aryl methyl sites for hydroxylation is 1. The van der Waals surface area contributed by atoms with Gasteiger partial charge >= 0.3 is 0 Å². The Bertz CT molecular complexity index is 543. The van der Waals surface area contributed by atoms with E-state index in [9.17, 15) is 4.79 Å². The number of carbonyl (C=O) groups is 1. The van der Waals surface area contributed by atoms with E-state index in [1.165, 1.54) is 16.9 Å². The molecule has 1 aromatic carbocycles. The Morgan fingerprint density at radius 3 is 2.41 bits per heavy atom. The van der Waals surface area contributed by atoms with Crippen LogP contribution in [0, 0.1) is 6.92 Å². The molecular weight excluding hydrogens is 364 g/mol. The Kier molecular flexibility index (Phi) is 4.17. The molecule has 1 nitrogen and oxygen atoms in total. The summed E-state index contributed by atoms with van der Waals surface area (Å²) < 4.78 is 1.86. The third-order valence-corrected chi connectivity index (χ3v) is 4.78. The lowest BCUT2D eigenvalue weighted by atomic mass is 10.0. The zero-order valence-corrected chi connectivity index (χ0v) is 13.2. The van der Waals surface area contributed by atoms with Crippen molar-refractivity contribution in [1.29, 1.82) is 0 Å². The van der Waals surface area contributed by atoms with Gasteiger partial charge in [0, 0.05) is 12.0 Å². The quantitative estimate of drug-likeness (QED) is 0.691. The smallest absolute Gasteiger partial charge is 0.169 e. The van der Waals surface area contributed by atoms with Crippen molar-refractivity contribution in [3.63, 3.8) is 0 Å². The van der Waals surface area contributed by atoms with E-state index in [4.69, 9.17) is 0 Å². The standard InChI is InChI=1S/C13H10Br2OS/c1-8-2-4-9(5-3-8)6-11(16)10-7-12(14)17-13(10)15/h2-5,7H,6H2,1H3. The van der Waals surface area contributed by atoms with Crippen molar-refractivity contribution in [2.45, 2.75) is 13.3 Å². The summed E-state index contributed by atoms with van der Waals surface area (Å²) >= 11 is 8.32. The lowest BCUT2D eigenvalue weighted by Crippen LogP contribution is -2.02. The largest absolute Gasteiger partial charge is 0.294 e. The maximum atomic E-state index is 12.1. The maximum Gasteiger partial charge on any atom is 0.169 e. The third kappa shape index (κ3) is 3.27. The molecule has 0 aliphatic rings. The van der Waals surface area contributed by atoms with Crippen LogP contribution in [-0.2, 0) is 6.42 Å². The molecule has 0 spiro atoms. The number of hydrogen-bond acceptors (Lipinski definition) is 2. The van der Waals surface area contributed by atoms with Gasteiger partial charge in [0.05, 0.1) is 7.57 Å². The SMILES string of the molecule is Cc1ccc(CC(=O)c2cc(Br)sc2Br)cc1. The highest BCUT2D eigenvalue weighted by Gasteiger charge is 2.13. The minimum Gasteiger partial charge on any atom is -0.294 e. The summed E-state index contributed by atoms with van der Waals surface area (Å²) in [6, 6.07) is 9.93. The minimum atomic E-state index is 0.141. The first-order valence-electron chi connectivity index (χ1n) is 5.10. The molecule has 0 atom stereocenters. The van der Waals surface area contributed by atoms with Gasteiger partial charge in [-0.2, -0.15) is 0 Å². The number of benzene rings is 1. The number of rotatable bonds is 3. The van der Waals surface area contributed by atoms with Crippen molar-refractivity contribution in [1.82, 2.24) is 0 Å². The average Bonchev–Trinajstić information content (AvgIpc) is 2.61. The fraction of sp³-hybridized carbons (Fsp3) is 0.154. The number of hydrogen-bond donors (Lipinski definition) is 0. The van der Waals surface area contributed by atoms with Gasteiger partial charge in [-0.1, -0.05) is 29.8 Å². The maximum absolute atomic E-state index is 12.1. The van der Waals surface area contributed by atoms with Crippen LogP contribution >= 0.6 is 43.2 Å². The number of halogens is 2. The van der Waals surface area contributed by atoms with Crippen molar-refractivity contribution in [2.75, 3.05) is 0 Å². The van der Waals surface area contributed by atoms with Gasteiger partial charge < -0.3 is 0 Å². The molecule has 1 aromatic heterocycles. The van der Waals surface area contributed by atoms with E-state index < -0.39 is 0 Å². The normalized spacial score (nSPS) is 10.5. The molecule has 0 fully saturated rings. The predicted molar refractivity (Wildman–Crippen MR) is 78.9 cm³/mol. The van der Waals surface area contributed by atoms with Crippen molar-refractivity contribution < 1.29 is 4.79 Å². The zero-order valence-electron chi connectivity index (χ0n) is 9.17. The topological polar surface area (TPSA) is 17.1 Å². The van der Waals surface area contributed by atoms with Crippen LogP contribution in [0.5, 0.6) is 0 Å². The second kappa shape index (κ2) is 5.46. The Balaban J connectivity index is 2.17. The van der Waals surface area contributed by atoms with E-state index in [-0.39, 0.29) is 5.78 Å². The van der Waals surface area contributed by atoms with Crippen molar-refractivity contribution >= 4 is 49.0 Å². The van der Waals surface area contributed by atoms with Crippen molar-refractivity contribution in [3.8, 4) is 0 Å². The molecule has 0 amide bonds.